The first-order chi connectivity index (χ1) is 10.3. The first kappa shape index (κ1) is 15.8. The average molecular weight is 301 g/mol. The maximum Gasteiger partial charge on any atom is 0.340 e. The second-order valence-electron chi connectivity index (χ2n) is 5.85. The molecule has 2 rings (SSSR count). The lowest BCUT2D eigenvalue weighted by Gasteiger charge is -2.19. The molecule has 2 aromatic rings. The second-order valence-corrected chi connectivity index (χ2v) is 5.85. The van der Waals surface area contributed by atoms with E-state index in [4.69, 9.17) is 9.47 Å². The van der Waals surface area contributed by atoms with Crippen molar-refractivity contribution in [2.45, 2.75) is 26.4 Å². The van der Waals surface area contributed by atoms with E-state index in [2.05, 4.69) is 4.98 Å². The summed E-state index contributed by atoms with van der Waals surface area (Å²) in [4.78, 5) is 16.2. The van der Waals surface area contributed by atoms with Crippen LogP contribution in [0.4, 0.5) is 0 Å². The number of hydrogen-bond acceptors (Lipinski definition) is 5. The number of phenols is 1. The van der Waals surface area contributed by atoms with Crippen LogP contribution in [0.1, 0.15) is 31.1 Å². The van der Waals surface area contributed by atoms with Gasteiger partial charge in [0.05, 0.1) is 12.7 Å². The normalized spacial score (nSPS) is 11.1. The zero-order valence-corrected chi connectivity index (χ0v) is 13.1. The molecule has 22 heavy (non-hydrogen) atoms. The molecule has 0 aliphatic carbocycles. The zero-order valence-electron chi connectivity index (χ0n) is 13.1. The molecule has 0 spiro atoms. The number of hydrogen-bond donors (Lipinski definition) is 1. The Labute approximate surface area is 129 Å². The minimum absolute atomic E-state index is 0.0579. The van der Waals surface area contributed by atoms with E-state index < -0.39 is 11.6 Å². The Morgan fingerprint density at radius 3 is 2.50 bits per heavy atom. The Hall–Kier alpha value is -2.56. The molecule has 1 aromatic heterocycles. The van der Waals surface area contributed by atoms with Crippen LogP contribution in [0.3, 0.4) is 0 Å². The molecule has 0 atom stereocenters. The lowest BCUT2D eigenvalue weighted by Crippen LogP contribution is -2.23. The summed E-state index contributed by atoms with van der Waals surface area (Å²) < 4.78 is 10.4. The number of carbonyl (C=O) groups excluding carboxylic acids is 1. The fraction of sp³-hybridized carbons (Fsp3) is 0.294. The number of nitrogens with zero attached hydrogens (tertiary/aromatic N) is 1. The largest absolute Gasteiger partial charge is 0.504 e. The summed E-state index contributed by atoms with van der Waals surface area (Å²) in [6.07, 6.45) is 3.11. The Kier molecular flexibility index (Phi) is 4.35. The van der Waals surface area contributed by atoms with Crippen LogP contribution < -0.4 is 4.74 Å². The Morgan fingerprint density at radius 1 is 1.14 bits per heavy atom. The molecule has 1 heterocycles. The predicted octanol–water partition coefficient (Wildman–Crippen LogP) is 3.42. The van der Waals surface area contributed by atoms with Crippen molar-refractivity contribution < 1.29 is 19.4 Å². The molecule has 0 saturated carbocycles. The molecule has 116 valence electrons. The molecule has 0 bridgehead atoms. The molecule has 5 heteroatoms. The van der Waals surface area contributed by atoms with Gasteiger partial charge in [0.25, 0.3) is 0 Å². The summed E-state index contributed by atoms with van der Waals surface area (Å²) in [5.74, 6) is -0.00438. The highest BCUT2D eigenvalue weighted by Crippen LogP contribution is 2.31. The fourth-order valence-corrected chi connectivity index (χ4v) is 1.90. The summed E-state index contributed by atoms with van der Waals surface area (Å²) in [5, 5.41) is 9.64. The molecule has 0 aliphatic rings. The summed E-state index contributed by atoms with van der Waals surface area (Å²) in [6.45, 7) is 5.44. The number of pyridine rings is 1. The Bertz CT molecular complexity index is 689. The van der Waals surface area contributed by atoms with E-state index in [1.807, 2.05) is 20.8 Å². The average Bonchev–Trinajstić information content (AvgIpc) is 2.46. The van der Waals surface area contributed by atoms with E-state index in [1.165, 1.54) is 19.4 Å². The lowest BCUT2D eigenvalue weighted by molar-refractivity contribution is 0.00691. The van der Waals surface area contributed by atoms with Gasteiger partial charge in [0.1, 0.15) is 5.60 Å². The highest BCUT2D eigenvalue weighted by molar-refractivity contribution is 5.90. The van der Waals surface area contributed by atoms with Crippen molar-refractivity contribution in [1.29, 1.82) is 0 Å². The number of benzene rings is 1. The van der Waals surface area contributed by atoms with Gasteiger partial charge in [-0.05, 0) is 44.5 Å². The second kappa shape index (κ2) is 6.05. The van der Waals surface area contributed by atoms with Crippen molar-refractivity contribution in [3.63, 3.8) is 0 Å². The van der Waals surface area contributed by atoms with Crippen LogP contribution in [-0.2, 0) is 4.74 Å². The summed E-state index contributed by atoms with van der Waals surface area (Å²) in [6, 6.07) is 6.65. The van der Waals surface area contributed by atoms with Gasteiger partial charge in [-0.1, -0.05) is 6.07 Å². The highest BCUT2D eigenvalue weighted by atomic mass is 16.6. The van der Waals surface area contributed by atoms with Crippen molar-refractivity contribution in [3.05, 3.63) is 42.2 Å². The number of phenolic OH excluding ortho intramolecular Hbond substituents is 1. The van der Waals surface area contributed by atoms with Crippen LogP contribution in [0.5, 0.6) is 11.5 Å². The molecule has 0 aliphatic heterocycles. The third kappa shape index (κ3) is 3.75. The van der Waals surface area contributed by atoms with Gasteiger partial charge in [0, 0.05) is 18.0 Å². The van der Waals surface area contributed by atoms with Crippen LogP contribution in [0.25, 0.3) is 11.1 Å². The minimum atomic E-state index is -0.561. The molecule has 1 N–H and O–H groups in total. The number of methoxy groups -OCH3 is 1. The van der Waals surface area contributed by atoms with Crippen molar-refractivity contribution in [2.24, 2.45) is 0 Å². The Balaban J connectivity index is 2.34. The predicted molar refractivity (Wildman–Crippen MR) is 83.1 cm³/mol. The van der Waals surface area contributed by atoms with Crippen LogP contribution >= 0.6 is 0 Å². The number of ether oxygens (including phenoxy) is 2. The van der Waals surface area contributed by atoms with E-state index in [9.17, 15) is 9.90 Å². The van der Waals surface area contributed by atoms with E-state index >= 15 is 0 Å². The van der Waals surface area contributed by atoms with E-state index in [-0.39, 0.29) is 5.75 Å². The molecule has 0 amide bonds. The molecule has 0 unspecified atom stereocenters. The van der Waals surface area contributed by atoms with Gasteiger partial charge < -0.3 is 14.6 Å². The van der Waals surface area contributed by atoms with Gasteiger partial charge >= 0.3 is 5.97 Å². The third-order valence-electron chi connectivity index (χ3n) is 2.89. The molecular formula is C17H19NO4. The standard InChI is InChI=1S/C17H19NO4/c1-17(2,3)22-16(20)13-7-12(9-18-10-13)11-5-6-14(19)15(8-11)21-4/h5-10,19H,1-4H3. The Morgan fingerprint density at radius 2 is 1.86 bits per heavy atom. The van der Waals surface area contributed by atoms with E-state index in [0.717, 1.165) is 11.1 Å². The fourth-order valence-electron chi connectivity index (χ4n) is 1.90. The zero-order chi connectivity index (χ0) is 16.3. The van der Waals surface area contributed by atoms with E-state index in [0.29, 0.717) is 11.3 Å². The summed E-state index contributed by atoms with van der Waals surface area (Å²) >= 11 is 0. The number of rotatable bonds is 3. The number of carbonyl (C=O) groups is 1. The van der Waals surface area contributed by atoms with Crippen LogP contribution in [0.15, 0.2) is 36.7 Å². The summed E-state index contributed by atoms with van der Waals surface area (Å²) in [5.41, 5.74) is 1.34. The van der Waals surface area contributed by atoms with E-state index in [1.54, 1.807) is 24.4 Å². The molecule has 0 saturated heterocycles. The SMILES string of the molecule is COc1cc(-c2cncc(C(=O)OC(C)(C)C)c2)ccc1O. The lowest BCUT2D eigenvalue weighted by atomic mass is 10.1. The molecular weight excluding hydrogens is 282 g/mol. The van der Waals surface area contributed by atoms with Crippen molar-refractivity contribution in [3.8, 4) is 22.6 Å². The van der Waals surface area contributed by atoms with Crippen molar-refractivity contribution in [1.82, 2.24) is 4.98 Å². The number of aromatic hydroxyl groups is 1. The van der Waals surface area contributed by atoms with Crippen molar-refractivity contribution in [2.75, 3.05) is 7.11 Å². The minimum Gasteiger partial charge on any atom is -0.504 e. The maximum atomic E-state index is 12.1. The highest BCUT2D eigenvalue weighted by Gasteiger charge is 2.18. The number of aromatic nitrogens is 1. The quantitative estimate of drug-likeness (QED) is 0.880. The van der Waals surface area contributed by atoms with Crippen LogP contribution in [-0.4, -0.2) is 28.8 Å². The molecule has 5 nitrogen and oxygen atoms in total. The number of esters is 1. The maximum absolute atomic E-state index is 12.1. The first-order valence-electron chi connectivity index (χ1n) is 6.86. The van der Waals surface area contributed by atoms with Gasteiger partial charge in [-0.2, -0.15) is 0 Å². The van der Waals surface area contributed by atoms with Gasteiger partial charge in [-0.3, -0.25) is 4.98 Å². The van der Waals surface area contributed by atoms with Crippen LogP contribution in [0.2, 0.25) is 0 Å². The topological polar surface area (TPSA) is 68.7 Å². The van der Waals surface area contributed by atoms with Gasteiger partial charge in [-0.25, -0.2) is 4.79 Å². The van der Waals surface area contributed by atoms with Crippen molar-refractivity contribution >= 4 is 5.97 Å². The van der Waals surface area contributed by atoms with Gasteiger partial charge in [-0.15, -0.1) is 0 Å². The van der Waals surface area contributed by atoms with Gasteiger partial charge in [0.15, 0.2) is 11.5 Å². The monoisotopic (exact) mass is 301 g/mol. The smallest absolute Gasteiger partial charge is 0.340 e. The third-order valence-corrected chi connectivity index (χ3v) is 2.89. The molecule has 0 fully saturated rings. The van der Waals surface area contributed by atoms with Gasteiger partial charge in [0.2, 0.25) is 0 Å². The molecule has 0 radical (unpaired) electrons. The van der Waals surface area contributed by atoms with Crippen LogP contribution in [0, 0.1) is 0 Å². The summed E-state index contributed by atoms with van der Waals surface area (Å²) in [7, 11) is 1.48. The first-order valence-corrected chi connectivity index (χ1v) is 6.86. The molecule has 1 aromatic carbocycles.